The van der Waals surface area contributed by atoms with Crippen LogP contribution in [-0.4, -0.2) is 45.3 Å². The number of methoxy groups -OCH3 is 1. The molecule has 0 aliphatic carbocycles. The van der Waals surface area contributed by atoms with Crippen molar-refractivity contribution < 1.29 is 9.13 Å². The summed E-state index contributed by atoms with van der Waals surface area (Å²) in [6.07, 6.45) is 0. The van der Waals surface area contributed by atoms with Gasteiger partial charge in [-0.25, -0.2) is 4.39 Å². The van der Waals surface area contributed by atoms with E-state index in [9.17, 15) is 4.39 Å². The molecule has 5 heteroatoms. The molecule has 0 fully saturated rings. The summed E-state index contributed by atoms with van der Waals surface area (Å²) in [5.74, 6) is -0.216. The molecule has 0 unspecified atom stereocenters. The van der Waals surface area contributed by atoms with Crippen LogP contribution >= 0.6 is 15.9 Å². The van der Waals surface area contributed by atoms with Crippen molar-refractivity contribution in [3.63, 3.8) is 0 Å². The number of hydrogen-bond acceptors (Lipinski definition) is 3. The maximum atomic E-state index is 13.3. The van der Waals surface area contributed by atoms with Crippen LogP contribution in [0.2, 0.25) is 0 Å². The lowest BCUT2D eigenvalue weighted by Crippen LogP contribution is -2.31. The second-order valence-electron chi connectivity index (χ2n) is 4.22. The van der Waals surface area contributed by atoms with Crippen molar-refractivity contribution in [2.24, 2.45) is 0 Å². The molecule has 3 nitrogen and oxygen atoms in total. The summed E-state index contributed by atoms with van der Waals surface area (Å²) in [5, 5.41) is 3.29. The molecule has 0 aliphatic rings. The maximum absolute atomic E-state index is 13.3. The summed E-state index contributed by atoms with van der Waals surface area (Å²) in [6.45, 7) is 4.17. The number of rotatable bonds is 8. The fourth-order valence-corrected chi connectivity index (χ4v) is 1.76. The first kappa shape index (κ1) is 15.6. The Morgan fingerprint density at radius 1 is 1.39 bits per heavy atom. The van der Waals surface area contributed by atoms with Crippen LogP contribution in [0, 0.1) is 5.82 Å². The van der Waals surface area contributed by atoms with Crippen molar-refractivity contribution in [1.82, 2.24) is 10.2 Å². The summed E-state index contributed by atoms with van der Waals surface area (Å²) in [6, 6.07) is 5.19. The minimum absolute atomic E-state index is 0.216. The molecule has 0 aromatic heterocycles. The van der Waals surface area contributed by atoms with Crippen LogP contribution in [0.5, 0.6) is 0 Å². The van der Waals surface area contributed by atoms with E-state index in [4.69, 9.17) is 4.74 Å². The van der Waals surface area contributed by atoms with E-state index in [1.807, 2.05) is 6.07 Å². The molecule has 1 aromatic rings. The second-order valence-corrected chi connectivity index (χ2v) is 5.08. The van der Waals surface area contributed by atoms with Crippen molar-refractivity contribution in [3.8, 4) is 0 Å². The highest BCUT2D eigenvalue weighted by Crippen LogP contribution is 2.16. The van der Waals surface area contributed by atoms with E-state index in [0.29, 0.717) is 11.0 Å². The SMILES string of the molecule is COCCN(C)CCNCc1ccc(Br)c(F)c1. The molecule has 1 rings (SSSR count). The highest BCUT2D eigenvalue weighted by atomic mass is 79.9. The van der Waals surface area contributed by atoms with Crippen molar-refractivity contribution in [3.05, 3.63) is 34.1 Å². The first-order chi connectivity index (χ1) is 8.63. The van der Waals surface area contributed by atoms with Gasteiger partial charge in [-0.15, -0.1) is 0 Å². The van der Waals surface area contributed by atoms with Crippen molar-refractivity contribution in [2.75, 3.05) is 40.4 Å². The van der Waals surface area contributed by atoms with E-state index in [2.05, 4.69) is 33.2 Å². The highest BCUT2D eigenvalue weighted by Gasteiger charge is 2.01. The van der Waals surface area contributed by atoms with E-state index in [0.717, 1.165) is 31.8 Å². The Labute approximate surface area is 116 Å². The molecule has 0 radical (unpaired) electrons. The smallest absolute Gasteiger partial charge is 0.137 e. The van der Waals surface area contributed by atoms with E-state index in [1.165, 1.54) is 0 Å². The molecule has 18 heavy (non-hydrogen) atoms. The minimum atomic E-state index is -0.216. The third-order valence-electron chi connectivity index (χ3n) is 2.66. The number of likely N-dealkylation sites (N-methyl/N-ethyl adjacent to an activating group) is 1. The lowest BCUT2D eigenvalue weighted by molar-refractivity contribution is 0.161. The molecular formula is C13H20BrFN2O. The van der Waals surface area contributed by atoms with Crippen molar-refractivity contribution in [2.45, 2.75) is 6.54 Å². The number of benzene rings is 1. The van der Waals surface area contributed by atoms with Gasteiger partial charge >= 0.3 is 0 Å². The highest BCUT2D eigenvalue weighted by molar-refractivity contribution is 9.10. The zero-order valence-corrected chi connectivity index (χ0v) is 12.5. The third kappa shape index (κ3) is 5.91. The minimum Gasteiger partial charge on any atom is -0.383 e. The lowest BCUT2D eigenvalue weighted by atomic mass is 10.2. The van der Waals surface area contributed by atoms with E-state index in [1.54, 1.807) is 19.2 Å². The molecule has 0 amide bonds. The van der Waals surface area contributed by atoms with Gasteiger partial charge in [0.15, 0.2) is 0 Å². The van der Waals surface area contributed by atoms with Gasteiger partial charge in [-0.2, -0.15) is 0 Å². The molecule has 0 saturated heterocycles. The van der Waals surface area contributed by atoms with Crippen molar-refractivity contribution >= 4 is 15.9 Å². The van der Waals surface area contributed by atoms with Gasteiger partial charge < -0.3 is 15.0 Å². The first-order valence-electron chi connectivity index (χ1n) is 5.95. The summed E-state index contributed by atoms with van der Waals surface area (Å²) >= 11 is 3.14. The maximum Gasteiger partial charge on any atom is 0.137 e. The molecule has 0 bridgehead atoms. The normalized spacial score (nSPS) is 11.2. The average Bonchev–Trinajstić information content (AvgIpc) is 2.36. The quantitative estimate of drug-likeness (QED) is 0.744. The largest absolute Gasteiger partial charge is 0.383 e. The zero-order chi connectivity index (χ0) is 13.4. The average molecular weight is 319 g/mol. The van der Waals surface area contributed by atoms with Gasteiger partial charge in [0, 0.05) is 33.3 Å². The van der Waals surface area contributed by atoms with Crippen LogP contribution in [0.1, 0.15) is 5.56 Å². The molecule has 1 aromatic carbocycles. The van der Waals surface area contributed by atoms with E-state index in [-0.39, 0.29) is 5.82 Å². The summed E-state index contributed by atoms with van der Waals surface area (Å²) < 4.78 is 18.8. The predicted octanol–water partition coefficient (Wildman–Crippen LogP) is 2.26. The Balaban J connectivity index is 2.19. The van der Waals surface area contributed by atoms with Crippen LogP contribution < -0.4 is 5.32 Å². The van der Waals surface area contributed by atoms with Crippen LogP contribution in [0.3, 0.4) is 0 Å². The molecule has 0 aliphatic heterocycles. The van der Waals surface area contributed by atoms with Crippen LogP contribution in [-0.2, 0) is 11.3 Å². The molecule has 0 saturated carbocycles. The monoisotopic (exact) mass is 318 g/mol. The predicted molar refractivity (Wildman–Crippen MR) is 75.2 cm³/mol. The van der Waals surface area contributed by atoms with Crippen LogP contribution in [0.25, 0.3) is 0 Å². The van der Waals surface area contributed by atoms with Gasteiger partial charge in [-0.1, -0.05) is 6.07 Å². The molecular weight excluding hydrogens is 299 g/mol. The number of halogens is 2. The van der Waals surface area contributed by atoms with Gasteiger partial charge in [-0.3, -0.25) is 0 Å². The summed E-state index contributed by atoms with van der Waals surface area (Å²) in [7, 11) is 3.76. The Morgan fingerprint density at radius 2 is 2.17 bits per heavy atom. The molecule has 102 valence electrons. The Bertz CT molecular complexity index is 363. The van der Waals surface area contributed by atoms with Gasteiger partial charge in [-0.05, 0) is 40.7 Å². The van der Waals surface area contributed by atoms with Gasteiger partial charge in [0.2, 0.25) is 0 Å². The Hall–Kier alpha value is -0.490. The Morgan fingerprint density at radius 3 is 2.83 bits per heavy atom. The van der Waals surface area contributed by atoms with Crippen molar-refractivity contribution in [1.29, 1.82) is 0 Å². The molecule has 0 spiro atoms. The molecule has 1 N–H and O–H groups in total. The summed E-state index contributed by atoms with van der Waals surface area (Å²) in [5.41, 5.74) is 0.954. The topological polar surface area (TPSA) is 24.5 Å². The van der Waals surface area contributed by atoms with Gasteiger partial charge in [0.25, 0.3) is 0 Å². The molecule has 0 heterocycles. The number of nitrogens with zero attached hydrogens (tertiary/aromatic N) is 1. The number of hydrogen-bond donors (Lipinski definition) is 1. The first-order valence-corrected chi connectivity index (χ1v) is 6.75. The van der Waals surface area contributed by atoms with Crippen LogP contribution in [0.15, 0.2) is 22.7 Å². The third-order valence-corrected chi connectivity index (χ3v) is 3.30. The van der Waals surface area contributed by atoms with Gasteiger partial charge in [0.05, 0.1) is 11.1 Å². The fraction of sp³-hybridized carbons (Fsp3) is 0.538. The lowest BCUT2D eigenvalue weighted by Gasteiger charge is -2.16. The zero-order valence-electron chi connectivity index (χ0n) is 10.9. The number of ether oxygens (including phenoxy) is 1. The van der Waals surface area contributed by atoms with E-state index >= 15 is 0 Å². The van der Waals surface area contributed by atoms with E-state index < -0.39 is 0 Å². The number of nitrogens with one attached hydrogen (secondary N) is 1. The Kier molecular flexibility index (Phi) is 7.42. The fourth-order valence-electron chi connectivity index (χ4n) is 1.51. The second kappa shape index (κ2) is 8.58. The van der Waals surface area contributed by atoms with Gasteiger partial charge in [0.1, 0.15) is 5.82 Å². The van der Waals surface area contributed by atoms with Crippen LogP contribution in [0.4, 0.5) is 4.39 Å². The molecule has 0 atom stereocenters. The standard InChI is InChI=1S/C13H20BrFN2O/c1-17(7-8-18-2)6-5-16-10-11-3-4-12(14)13(15)9-11/h3-4,9,16H,5-8,10H2,1-2H3. The summed E-state index contributed by atoms with van der Waals surface area (Å²) in [4.78, 5) is 2.19.